The van der Waals surface area contributed by atoms with Gasteiger partial charge in [0.25, 0.3) is 0 Å². The Balaban J connectivity index is 1.77. The molecule has 0 bridgehead atoms. The van der Waals surface area contributed by atoms with Crippen LogP contribution in [0.25, 0.3) is 0 Å². The molecular weight excluding hydrogens is 198 g/mol. The summed E-state index contributed by atoms with van der Waals surface area (Å²) in [6.07, 6.45) is 11.2. The molecule has 16 heavy (non-hydrogen) atoms. The highest BCUT2D eigenvalue weighted by Crippen LogP contribution is 2.39. The molecule has 2 aliphatic rings. The summed E-state index contributed by atoms with van der Waals surface area (Å²) in [5, 5.41) is 3.74. The van der Waals surface area contributed by atoms with Gasteiger partial charge in [-0.05, 0) is 44.4 Å². The van der Waals surface area contributed by atoms with Crippen LogP contribution in [0, 0.1) is 5.41 Å². The van der Waals surface area contributed by atoms with Gasteiger partial charge in [0.15, 0.2) is 0 Å². The van der Waals surface area contributed by atoms with Crippen molar-refractivity contribution in [3.8, 4) is 0 Å². The lowest BCUT2D eigenvalue weighted by Crippen LogP contribution is -2.38. The smallest absolute Gasteiger partial charge is 0.0471 e. The van der Waals surface area contributed by atoms with Gasteiger partial charge in [-0.25, -0.2) is 0 Å². The Hall–Kier alpha value is -0.0800. The van der Waals surface area contributed by atoms with Crippen molar-refractivity contribution in [2.24, 2.45) is 5.41 Å². The topological polar surface area (TPSA) is 21.3 Å². The van der Waals surface area contributed by atoms with Crippen molar-refractivity contribution in [1.82, 2.24) is 5.32 Å². The first-order chi connectivity index (χ1) is 7.85. The molecule has 0 aliphatic heterocycles. The summed E-state index contributed by atoms with van der Waals surface area (Å²) < 4.78 is 5.56. The zero-order chi connectivity index (χ0) is 11.3. The van der Waals surface area contributed by atoms with Gasteiger partial charge in [-0.1, -0.05) is 19.3 Å². The number of ether oxygens (including phenoxy) is 1. The Labute approximate surface area is 100 Å². The summed E-state index contributed by atoms with van der Waals surface area (Å²) in [4.78, 5) is 0. The fraction of sp³-hybridized carbons (Fsp3) is 1.00. The van der Waals surface area contributed by atoms with E-state index in [0.29, 0.717) is 5.41 Å². The molecule has 0 spiro atoms. The average molecular weight is 225 g/mol. The van der Waals surface area contributed by atoms with Crippen molar-refractivity contribution in [2.75, 3.05) is 19.8 Å². The summed E-state index contributed by atoms with van der Waals surface area (Å²) in [5.74, 6) is 0. The lowest BCUT2D eigenvalue weighted by Gasteiger charge is -2.37. The predicted molar refractivity (Wildman–Crippen MR) is 67.7 cm³/mol. The van der Waals surface area contributed by atoms with Gasteiger partial charge in [-0.2, -0.15) is 0 Å². The Bertz CT molecular complexity index is 195. The number of hydrogen-bond donors (Lipinski definition) is 1. The normalized spacial score (nSPS) is 24.6. The highest BCUT2D eigenvalue weighted by Gasteiger charge is 2.33. The number of rotatable bonds is 7. The van der Waals surface area contributed by atoms with E-state index in [4.69, 9.17) is 4.74 Å². The molecule has 94 valence electrons. The zero-order valence-corrected chi connectivity index (χ0v) is 10.8. The van der Waals surface area contributed by atoms with Crippen LogP contribution in [0.4, 0.5) is 0 Å². The zero-order valence-electron chi connectivity index (χ0n) is 10.8. The van der Waals surface area contributed by atoms with Gasteiger partial charge in [0.05, 0.1) is 0 Å². The predicted octanol–water partition coefficient (Wildman–Crippen LogP) is 3.12. The fourth-order valence-corrected chi connectivity index (χ4v) is 2.90. The van der Waals surface area contributed by atoms with Crippen molar-refractivity contribution in [3.63, 3.8) is 0 Å². The first kappa shape index (κ1) is 12.4. The summed E-state index contributed by atoms with van der Waals surface area (Å²) in [6, 6.07) is 0.853. The van der Waals surface area contributed by atoms with Crippen LogP contribution >= 0.6 is 0 Å². The second-order valence-electron chi connectivity index (χ2n) is 5.66. The molecule has 0 saturated heterocycles. The lowest BCUT2D eigenvalue weighted by molar-refractivity contribution is 0.0791. The van der Waals surface area contributed by atoms with Crippen LogP contribution < -0.4 is 5.32 Å². The van der Waals surface area contributed by atoms with E-state index in [-0.39, 0.29) is 0 Å². The molecule has 1 N–H and O–H groups in total. The molecule has 0 aromatic rings. The minimum atomic E-state index is 0.565. The molecule has 0 aromatic carbocycles. The van der Waals surface area contributed by atoms with E-state index in [1.54, 1.807) is 0 Å². The quantitative estimate of drug-likeness (QED) is 0.672. The van der Waals surface area contributed by atoms with Gasteiger partial charge in [0, 0.05) is 25.8 Å². The first-order valence-corrected chi connectivity index (χ1v) is 7.16. The van der Waals surface area contributed by atoms with Crippen molar-refractivity contribution in [1.29, 1.82) is 0 Å². The van der Waals surface area contributed by atoms with Gasteiger partial charge in [-0.3, -0.25) is 0 Å². The van der Waals surface area contributed by atoms with Crippen molar-refractivity contribution in [2.45, 2.75) is 64.3 Å². The summed E-state index contributed by atoms with van der Waals surface area (Å²) in [5.41, 5.74) is 0.565. The molecule has 0 amide bonds. The minimum absolute atomic E-state index is 0.565. The molecule has 2 aliphatic carbocycles. The molecule has 2 nitrogen and oxygen atoms in total. The van der Waals surface area contributed by atoms with Crippen LogP contribution in [-0.2, 0) is 4.74 Å². The molecular formula is C14H27NO. The van der Waals surface area contributed by atoms with Crippen LogP contribution in [0.1, 0.15) is 58.3 Å². The monoisotopic (exact) mass is 225 g/mol. The van der Waals surface area contributed by atoms with Crippen molar-refractivity contribution < 1.29 is 4.74 Å². The van der Waals surface area contributed by atoms with Crippen LogP contribution in [0.2, 0.25) is 0 Å². The number of hydrogen-bond acceptors (Lipinski definition) is 2. The maximum absolute atomic E-state index is 5.56. The van der Waals surface area contributed by atoms with Crippen molar-refractivity contribution in [3.05, 3.63) is 0 Å². The molecule has 2 fully saturated rings. The Morgan fingerprint density at radius 3 is 2.56 bits per heavy atom. The molecule has 0 aromatic heterocycles. The van der Waals surface area contributed by atoms with Crippen LogP contribution in [-0.4, -0.2) is 25.8 Å². The average Bonchev–Trinajstić information content (AvgIpc) is 3.12. The van der Waals surface area contributed by atoms with E-state index in [2.05, 4.69) is 12.2 Å². The minimum Gasteiger partial charge on any atom is -0.382 e. The van der Waals surface area contributed by atoms with Gasteiger partial charge >= 0.3 is 0 Å². The Morgan fingerprint density at radius 1 is 1.19 bits per heavy atom. The van der Waals surface area contributed by atoms with E-state index < -0.39 is 0 Å². The largest absolute Gasteiger partial charge is 0.382 e. The van der Waals surface area contributed by atoms with Gasteiger partial charge in [0.2, 0.25) is 0 Å². The van der Waals surface area contributed by atoms with Crippen LogP contribution in [0.5, 0.6) is 0 Å². The second-order valence-corrected chi connectivity index (χ2v) is 5.66. The summed E-state index contributed by atoms with van der Waals surface area (Å²) >= 11 is 0. The molecule has 0 atom stereocenters. The van der Waals surface area contributed by atoms with E-state index >= 15 is 0 Å². The SMILES string of the molecule is CCOCCC1(CNC2CC2)CCCCC1. The van der Waals surface area contributed by atoms with Crippen LogP contribution in [0.15, 0.2) is 0 Å². The highest BCUT2D eigenvalue weighted by atomic mass is 16.5. The van der Waals surface area contributed by atoms with Gasteiger partial charge in [0.1, 0.15) is 0 Å². The van der Waals surface area contributed by atoms with E-state index in [1.165, 1.54) is 57.9 Å². The maximum Gasteiger partial charge on any atom is 0.0471 e. The lowest BCUT2D eigenvalue weighted by atomic mass is 9.72. The Morgan fingerprint density at radius 2 is 1.94 bits per heavy atom. The molecule has 2 heteroatoms. The third-order valence-electron chi connectivity index (χ3n) is 4.24. The van der Waals surface area contributed by atoms with Gasteiger partial charge < -0.3 is 10.1 Å². The summed E-state index contributed by atoms with van der Waals surface area (Å²) in [6.45, 7) is 5.16. The summed E-state index contributed by atoms with van der Waals surface area (Å²) in [7, 11) is 0. The standard InChI is InChI=1S/C14H27NO/c1-2-16-11-10-14(8-4-3-5-9-14)12-15-13-6-7-13/h13,15H,2-12H2,1H3. The van der Waals surface area contributed by atoms with E-state index in [9.17, 15) is 0 Å². The number of nitrogens with one attached hydrogen (secondary N) is 1. The highest BCUT2D eigenvalue weighted by molar-refractivity contribution is 4.89. The molecule has 2 rings (SSSR count). The molecule has 0 unspecified atom stereocenters. The third kappa shape index (κ3) is 3.74. The first-order valence-electron chi connectivity index (χ1n) is 7.16. The van der Waals surface area contributed by atoms with E-state index in [1.807, 2.05) is 0 Å². The molecule has 0 radical (unpaired) electrons. The molecule has 2 saturated carbocycles. The Kier molecular flexibility index (Phi) is 4.66. The fourth-order valence-electron chi connectivity index (χ4n) is 2.90. The van der Waals surface area contributed by atoms with Crippen molar-refractivity contribution >= 4 is 0 Å². The van der Waals surface area contributed by atoms with Crippen LogP contribution in [0.3, 0.4) is 0 Å². The maximum atomic E-state index is 5.56. The van der Waals surface area contributed by atoms with E-state index in [0.717, 1.165) is 19.3 Å². The van der Waals surface area contributed by atoms with Gasteiger partial charge in [-0.15, -0.1) is 0 Å². The third-order valence-corrected chi connectivity index (χ3v) is 4.24. The second kappa shape index (κ2) is 6.02. The molecule has 0 heterocycles.